The van der Waals surface area contributed by atoms with Gasteiger partial charge in [-0.05, 0) is 13.0 Å². The molecule has 0 fully saturated rings. The largest absolute Gasteiger partial charge is 0.480 e. The monoisotopic (exact) mass is 207 g/mol. The molecule has 0 bridgehead atoms. The third-order valence-electron chi connectivity index (χ3n) is 2.07. The molecule has 0 aliphatic heterocycles. The minimum atomic E-state index is 0.121. The normalized spacial score (nSPS) is 12.1. The van der Waals surface area contributed by atoms with Gasteiger partial charge in [-0.15, -0.1) is 6.58 Å². The molecule has 0 radical (unpaired) electrons. The van der Waals surface area contributed by atoms with Gasteiger partial charge in [-0.25, -0.2) is 4.98 Å². The van der Waals surface area contributed by atoms with Gasteiger partial charge in [-0.3, -0.25) is 4.98 Å². The van der Waals surface area contributed by atoms with E-state index in [2.05, 4.69) is 28.8 Å². The summed E-state index contributed by atoms with van der Waals surface area (Å²) in [5.41, 5.74) is 0.835. The molecule has 15 heavy (non-hydrogen) atoms. The van der Waals surface area contributed by atoms with Gasteiger partial charge >= 0.3 is 0 Å². The topological polar surface area (TPSA) is 47.0 Å². The van der Waals surface area contributed by atoms with E-state index in [0.29, 0.717) is 5.88 Å². The van der Waals surface area contributed by atoms with E-state index >= 15 is 0 Å². The van der Waals surface area contributed by atoms with Gasteiger partial charge in [0.05, 0.1) is 13.2 Å². The van der Waals surface area contributed by atoms with Crippen LogP contribution in [0.1, 0.15) is 25.1 Å². The molecule has 0 saturated heterocycles. The summed E-state index contributed by atoms with van der Waals surface area (Å²) in [5, 5.41) is 3.32. The van der Waals surface area contributed by atoms with E-state index in [4.69, 9.17) is 4.74 Å². The number of hydrogen-bond acceptors (Lipinski definition) is 4. The second-order valence-corrected chi connectivity index (χ2v) is 3.09. The van der Waals surface area contributed by atoms with E-state index < -0.39 is 0 Å². The SMILES string of the molecule is C=CCC(NCC)c1nccnc1OC. The maximum Gasteiger partial charge on any atom is 0.237 e. The van der Waals surface area contributed by atoms with Crippen LogP contribution < -0.4 is 10.1 Å². The predicted octanol–water partition coefficient (Wildman–Crippen LogP) is 1.71. The summed E-state index contributed by atoms with van der Waals surface area (Å²) >= 11 is 0. The van der Waals surface area contributed by atoms with Gasteiger partial charge in [0.2, 0.25) is 5.88 Å². The van der Waals surface area contributed by atoms with Crippen LogP contribution in [0.25, 0.3) is 0 Å². The van der Waals surface area contributed by atoms with Crippen LogP contribution in [-0.2, 0) is 0 Å². The first kappa shape index (κ1) is 11.7. The van der Waals surface area contributed by atoms with Crippen molar-refractivity contribution in [2.75, 3.05) is 13.7 Å². The second-order valence-electron chi connectivity index (χ2n) is 3.09. The van der Waals surface area contributed by atoms with Crippen LogP contribution in [0.5, 0.6) is 5.88 Å². The molecular formula is C11H17N3O. The molecule has 1 heterocycles. The Kier molecular flexibility index (Phi) is 4.77. The lowest BCUT2D eigenvalue weighted by molar-refractivity contribution is 0.378. The molecule has 82 valence electrons. The quantitative estimate of drug-likeness (QED) is 0.721. The predicted molar refractivity (Wildman–Crippen MR) is 59.8 cm³/mol. The zero-order chi connectivity index (χ0) is 11.1. The van der Waals surface area contributed by atoms with Crippen molar-refractivity contribution in [1.29, 1.82) is 0 Å². The fraction of sp³-hybridized carbons (Fsp3) is 0.455. The molecule has 1 N–H and O–H groups in total. The van der Waals surface area contributed by atoms with Gasteiger partial charge in [0.25, 0.3) is 0 Å². The van der Waals surface area contributed by atoms with Gasteiger partial charge in [0.1, 0.15) is 5.69 Å². The fourth-order valence-corrected chi connectivity index (χ4v) is 1.44. The standard InChI is InChI=1S/C11H17N3O/c1-4-6-9(12-5-2)10-11(15-3)14-8-7-13-10/h4,7-9,12H,1,5-6H2,2-3H3. The summed E-state index contributed by atoms with van der Waals surface area (Å²) < 4.78 is 5.17. The molecule has 1 aromatic heterocycles. The Balaban J connectivity index is 2.92. The Morgan fingerprint density at radius 3 is 2.87 bits per heavy atom. The van der Waals surface area contributed by atoms with Crippen molar-refractivity contribution in [3.05, 3.63) is 30.7 Å². The van der Waals surface area contributed by atoms with Crippen molar-refractivity contribution >= 4 is 0 Å². The van der Waals surface area contributed by atoms with Crippen molar-refractivity contribution in [3.63, 3.8) is 0 Å². The second kappa shape index (κ2) is 6.14. The van der Waals surface area contributed by atoms with E-state index in [0.717, 1.165) is 18.7 Å². The number of nitrogens with one attached hydrogen (secondary N) is 1. The maximum absolute atomic E-state index is 5.17. The summed E-state index contributed by atoms with van der Waals surface area (Å²) in [6.07, 6.45) is 5.97. The lowest BCUT2D eigenvalue weighted by Gasteiger charge is -2.16. The molecule has 1 rings (SSSR count). The minimum Gasteiger partial charge on any atom is -0.480 e. The molecule has 1 aromatic rings. The minimum absolute atomic E-state index is 0.121. The smallest absolute Gasteiger partial charge is 0.237 e. The summed E-state index contributed by atoms with van der Waals surface area (Å²) in [5.74, 6) is 0.574. The lowest BCUT2D eigenvalue weighted by Crippen LogP contribution is -2.22. The molecule has 0 saturated carbocycles. The first-order chi connectivity index (χ1) is 7.33. The first-order valence-electron chi connectivity index (χ1n) is 5.02. The molecule has 1 atom stereocenters. The highest BCUT2D eigenvalue weighted by molar-refractivity contribution is 5.21. The zero-order valence-corrected chi connectivity index (χ0v) is 9.23. The lowest BCUT2D eigenvalue weighted by atomic mass is 10.1. The average Bonchev–Trinajstić information content (AvgIpc) is 2.29. The van der Waals surface area contributed by atoms with E-state index in [1.54, 1.807) is 19.5 Å². The third-order valence-corrected chi connectivity index (χ3v) is 2.07. The zero-order valence-electron chi connectivity index (χ0n) is 9.23. The van der Waals surface area contributed by atoms with Crippen LogP contribution in [0, 0.1) is 0 Å². The Morgan fingerprint density at radius 1 is 1.53 bits per heavy atom. The Bertz CT molecular complexity index is 314. The molecule has 0 aliphatic rings. The third kappa shape index (κ3) is 3.02. The maximum atomic E-state index is 5.17. The van der Waals surface area contributed by atoms with E-state index in [-0.39, 0.29) is 6.04 Å². The first-order valence-corrected chi connectivity index (χ1v) is 5.02. The number of rotatable bonds is 6. The average molecular weight is 207 g/mol. The molecule has 0 amide bonds. The Hall–Kier alpha value is -1.42. The molecular weight excluding hydrogens is 190 g/mol. The van der Waals surface area contributed by atoms with Crippen molar-refractivity contribution in [3.8, 4) is 5.88 Å². The van der Waals surface area contributed by atoms with Crippen molar-refractivity contribution in [1.82, 2.24) is 15.3 Å². The number of nitrogens with zero attached hydrogens (tertiary/aromatic N) is 2. The highest BCUT2D eigenvalue weighted by atomic mass is 16.5. The van der Waals surface area contributed by atoms with Crippen LogP contribution in [-0.4, -0.2) is 23.6 Å². The molecule has 4 nitrogen and oxygen atoms in total. The number of aromatic nitrogens is 2. The number of hydrogen-bond donors (Lipinski definition) is 1. The van der Waals surface area contributed by atoms with Gasteiger partial charge in [0, 0.05) is 12.4 Å². The summed E-state index contributed by atoms with van der Waals surface area (Å²) in [6.45, 7) is 6.66. The van der Waals surface area contributed by atoms with Crippen LogP contribution in [0.4, 0.5) is 0 Å². The van der Waals surface area contributed by atoms with Crippen LogP contribution >= 0.6 is 0 Å². The van der Waals surface area contributed by atoms with Gasteiger partial charge in [-0.1, -0.05) is 13.0 Å². The van der Waals surface area contributed by atoms with Crippen LogP contribution in [0.3, 0.4) is 0 Å². The van der Waals surface area contributed by atoms with Gasteiger partial charge < -0.3 is 10.1 Å². The summed E-state index contributed by atoms with van der Waals surface area (Å²) in [6, 6.07) is 0.121. The number of methoxy groups -OCH3 is 1. The van der Waals surface area contributed by atoms with Gasteiger partial charge in [0.15, 0.2) is 0 Å². The van der Waals surface area contributed by atoms with Crippen LogP contribution in [0.2, 0.25) is 0 Å². The Morgan fingerprint density at radius 2 is 2.27 bits per heavy atom. The molecule has 0 spiro atoms. The molecule has 0 aromatic carbocycles. The van der Waals surface area contributed by atoms with E-state index in [1.165, 1.54) is 0 Å². The summed E-state index contributed by atoms with van der Waals surface area (Å²) in [7, 11) is 1.60. The van der Waals surface area contributed by atoms with Crippen molar-refractivity contribution in [2.24, 2.45) is 0 Å². The van der Waals surface area contributed by atoms with E-state index in [1.807, 2.05) is 6.08 Å². The molecule has 0 aliphatic carbocycles. The number of ether oxygens (including phenoxy) is 1. The Labute approximate surface area is 90.4 Å². The fourth-order valence-electron chi connectivity index (χ4n) is 1.44. The molecule has 1 unspecified atom stereocenters. The highest BCUT2D eigenvalue weighted by Gasteiger charge is 2.15. The summed E-state index contributed by atoms with van der Waals surface area (Å²) in [4.78, 5) is 8.41. The van der Waals surface area contributed by atoms with Gasteiger partial charge in [-0.2, -0.15) is 0 Å². The van der Waals surface area contributed by atoms with Crippen molar-refractivity contribution < 1.29 is 4.74 Å². The highest BCUT2D eigenvalue weighted by Crippen LogP contribution is 2.22. The van der Waals surface area contributed by atoms with E-state index in [9.17, 15) is 0 Å². The van der Waals surface area contributed by atoms with Crippen LogP contribution in [0.15, 0.2) is 25.0 Å². The van der Waals surface area contributed by atoms with Crippen molar-refractivity contribution in [2.45, 2.75) is 19.4 Å². The molecule has 4 heteroatoms.